The first kappa shape index (κ1) is 18.4. The summed E-state index contributed by atoms with van der Waals surface area (Å²) in [4.78, 5) is 7.26. The fraction of sp³-hybridized carbons (Fsp3) is 0.500. The Hall–Kier alpha value is -1.44. The lowest BCUT2D eigenvalue weighted by atomic mass is 10.2. The van der Waals surface area contributed by atoms with Crippen molar-refractivity contribution in [3.8, 4) is 0 Å². The molecule has 1 unspecified atom stereocenters. The Balaban J connectivity index is 1.71. The average molecular weight is 380 g/mol. The second-order valence-corrected chi connectivity index (χ2v) is 9.57. The van der Waals surface area contributed by atoms with E-state index in [-0.39, 0.29) is 10.9 Å². The second-order valence-electron chi connectivity index (χ2n) is 6.46. The van der Waals surface area contributed by atoms with E-state index in [1.165, 1.54) is 21.5 Å². The predicted octanol–water partition coefficient (Wildman–Crippen LogP) is 3.97. The summed E-state index contributed by atoms with van der Waals surface area (Å²) in [6.45, 7) is 7.62. The van der Waals surface area contributed by atoms with Crippen LogP contribution in [0, 0.1) is 6.92 Å². The molecular formula is C18H25N3O2S2. The Labute approximate surface area is 154 Å². The van der Waals surface area contributed by atoms with Gasteiger partial charge in [0, 0.05) is 29.0 Å². The smallest absolute Gasteiger partial charge is 0.244 e. The summed E-state index contributed by atoms with van der Waals surface area (Å²) in [5.41, 5.74) is 1.33. The minimum atomic E-state index is -3.40. The molecule has 0 bridgehead atoms. The summed E-state index contributed by atoms with van der Waals surface area (Å²) in [5.74, 6) is 0.692. The monoisotopic (exact) mass is 379 g/mol. The van der Waals surface area contributed by atoms with Gasteiger partial charge in [0.2, 0.25) is 10.0 Å². The third kappa shape index (κ3) is 3.88. The van der Waals surface area contributed by atoms with Crippen molar-refractivity contribution in [3.05, 3.63) is 39.7 Å². The molecular weight excluding hydrogens is 354 g/mol. The van der Waals surface area contributed by atoms with Crippen LogP contribution in [-0.4, -0.2) is 30.8 Å². The Morgan fingerprint density at radius 2 is 2.04 bits per heavy atom. The quantitative estimate of drug-likeness (QED) is 0.825. The minimum absolute atomic E-state index is 0.137. The Bertz CT molecular complexity index is 823. The van der Waals surface area contributed by atoms with E-state index >= 15 is 0 Å². The number of aromatic nitrogens is 1. The van der Waals surface area contributed by atoms with E-state index in [0.29, 0.717) is 18.9 Å². The highest BCUT2D eigenvalue weighted by Gasteiger charge is 2.27. The number of nitrogens with one attached hydrogen (secondary N) is 1. The van der Waals surface area contributed by atoms with Gasteiger partial charge >= 0.3 is 0 Å². The molecule has 25 heavy (non-hydrogen) atoms. The first-order chi connectivity index (χ1) is 11.9. The van der Waals surface area contributed by atoms with Gasteiger partial charge in [-0.2, -0.15) is 4.31 Å². The molecule has 2 aromatic heterocycles. The number of thiophene rings is 1. The summed E-state index contributed by atoms with van der Waals surface area (Å²) in [7, 11) is -3.40. The maximum atomic E-state index is 12.5. The molecule has 3 rings (SSSR count). The van der Waals surface area contributed by atoms with Crippen molar-refractivity contribution < 1.29 is 8.42 Å². The van der Waals surface area contributed by atoms with Crippen LogP contribution in [0.5, 0.6) is 0 Å². The van der Waals surface area contributed by atoms with Crippen LogP contribution in [0.25, 0.3) is 0 Å². The molecule has 1 saturated heterocycles. The van der Waals surface area contributed by atoms with Crippen LogP contribution in [0.15, 0.2) is 29.3 Å². The van der Waals surface area contributed by atoms with Crippen molar-refractivity contribution in [2.45, 2.75) is 51.0 Å². The van der Waals surface area contributed by atoms with Crippen LogP contribution in [-0.2, 0) is 16.4 Å². The number of sulfonamides is 1. The molecule has 1 atom stereocenters. The normalized spacial score (nSPS) is 16.9. The average Bonchev–Trinajstić information content (AvgIpc) is 3.25. The van der Waals surface area contributed by atoms with E-state index in [9.17, 15) is 8.42 Å². The lowest BCUT2D eigenvalue weighted by Crippen LogP contribution is -2.27. The molecule has 0 saturated carbocycles. The van der Waals surface area contributed by atoms with E-state index in [1.54, 1.807) is 16.4 Å². The molecule has 1 aliphatic heterocycles. The second kappa shape index (κ2) is 7.43. The van der Waals surface area contributed by atoms with E-state index in [0.717, 1.165) is 19.3 Å². The summed E-state index contributed by atoms with van der Waals surface area (Å²) < 4.78 is 26.6. The van der Waals surface area contributed by atoms with E-state index in [1.807, 2.05) is 11.3 Å². The maximum absolute atomic E-state index is 12.5. The van der Waals surface area contributed by atoms with Gasteiger partial charge in [0.25, 0.3) is 0 Å². The van der Waals surface area contributed by atoms with Crippen LogP contribution in [0.2, 0.25) is 0 Å². The number of pyridine rings is 1. The van der Waals surface area contributed by atoms with E-state index in [2.05, 4.69) is 37.1 Å². The highest BCUT2D eigenvalue weighted by atomic mass is 32.2. The molecule has 5 nitrogen and oxygen atoms in total. The lowest BCUT2D eigenvalue weighted by Gasteiger charge is -2.16. The van der Waals surface area contributed by atoms with Crippen molar-refractivity contribution in [3.63, 3.8) is 0 Å². The molecule has 2 aromatic rings. The van der Waals surface area contributed by atoms with Gasteiger partial charge in [0.15, 0.2) is 0 Å². The zero-order valence-corrected chi connectivity index (χ0v) is 16.6. The molecule has 7 heteroatoms. The largest absolute Gasteiger partial charge is 0.363 e. The Morgan fingerprint density at radius 1 is 1.32 bits per heavy atom. The number of rotatable bonds is 6. The van der Waals surface area contributed by atoms with Gasteiger partial charge in [0.05, 0.1) is 6.04 Å². The topological polar surface area (TPSA) is 62.3 Å². The van der Waals surface area contributed by atoms with Crippen LogP contribution < -0.4 is 5.32 Å². The zero-order valence-electron chi connectivity index (χ0n) is 14.9. The zero-order chi connectivity index (χ0) is 18.0. The molecule has 136 valence electrons. The summed E-state index contributed by atoms with van der Waals surface area (Å²) in [6, 6.07) is 5.75. The number of anilines is 1. The maximum Gasteiger partial charge on any atom is 0.244 e. The number of hydrogen-bond acceptors (Lipinski definition) is 5. The predicted molar refractivity (Wildman–Crippen MR) is 103 cm³/mol. The van der Waals surface area contributed by atoms with Crippen LogP contribution in [0.3, 0.4) is 0 Å². The van der Waals surface area contributed by atoms with Gasteiger partial charge < -0.3 is 5.32 Å². The molecule has 1 fully saturated rings. The van der Waals surface area contributed by atoms with Crippen molar-refractivity contribution in [2.75, 3.05) is 18.4 Å². The van der Waals surface area contributed by atoms with Gasteiger partial charge in [-0.1, -0.05) is 6.92 Å². The molecule has 0 aliphatic carbocycles. The molecule has 1 aliphatic rings. The number of aryl methyl sites for hydroxylation is 2. The minimum Gasteiger partial charge on any atom is -0.363 e. The van der Waals surface area contributed by atoms with Crippen molar-refractivity contribution in [2.24, 2.45) is 0 Å². The molecule has 1 N–H and O–H groups in total. The number of hydrogen-bond donors (Lipinski definition) is 1. The SMILES string of the molecule is CCc1sc(C(C)Nc2ccc(S(=O)(=O)N3CCCC3)cn2)cc1C. The van der Waals surface area contributed by atoms with Crippen LogP contribution in [0.4, 0.5) is 5.82 Å². The van der Waals surface area contributed by atoms with E-state index in [4.69, 9.17) is 0 Å². The van der Waals surface area contributed by atoms with Gasteiger partial charge in [-0.25, -0.2) is 13.4 Å². The van der Waals surface area contributed by atoms with E-state index < -0.39 is 10.0 Å². The fourth-order valence-electron chi connectivity index (χ4n) is 3.10. The third-order valence-electron chi connectivity index (χ3n) is 4.59. The third-order valence-corrected chi connectivity index (χ3v) is 8.04. The van der Waals surface area contributed by atoms with Crippen molar-refractivity contribution in [1.29, 1.82) is 0 Å². The number of nitrogens with zero attached hydrogens (tertiary/aromatic N) is 2. The molecule has 0 radical (unpaired) electrons. The van der Waals surface area contributed by atoms with Crippen molar-refractivity contribution in [1.82, 2.24) is 9.29 Å². The first-order valence-electron chi connectivity index (χ1n) is 8.73. The highest BCUT2D eigenvalue weighted by Crippen LogP contribution is 2.29. The molecule has 0 amide bonds. The lowest BCUT2D eigenvalue weighted by molar-refractivity contribution is 0.477. The molecule has 0 spiro atoms. The highest BCUT2D eigenvalue weighted by molar-refractivity contribution is 7.89. The standard InChI is InChI=1S/C18H25N3O2S2/c1-4-16-13(2)11-17(24-16)14(3)20-18-8-7-15(12-19-18)25(22,23)21-9-5-6-10-21/h7-8,11-12,14H,4-6,9-10H2,1-3H3,(H,19,20). The molecule has 3 heterocycles. The fourth-order valence-corrected chi connectivity index (χ4v) is 5.68. The van der Waals surface area contributed by atoms with Gasteiger partial charge in [-0.3, -0.25) is 0 Å². The molecule has 0 aromatic carbocycles. The Morgan fingerprint density at radius 3 is 2.60 bits per heavy atom. The first-order valence-corrected chi connectivity index (χ1v) is 11.0. The van der Waals surface area contributed by atoms with Gasteiger partial charge in [-0.05, 0) is 56.9 Å². The summed E-state index contributed by atoms with van der Waals surface area (Å²) in [6.07, 6.45) is 4.37. The van der Waals surface area contributed by atoms with Gasteiger partial charge in [-0.15, -0.1) is 11.3 Å². The Kier molecular flexibility index (Phi) is 5.46. The van der Waals surface area contributed by atoms with Crippen molar-refractivity contribution >= 4 is 27.2 Å². The van der Waals surface area contributed by atoms with Crippen LogP contribution >= 0.6 is 11.3 Å². The summed E-state index contributed by atoms with van der Waals surface area (Å²) in [5, 5.41) is 3.36. The van der Waals surface area contributed by atoms with Crippen LogP contribution in [0.1, 0.15) is 48.0 Å². The summed E-state index contributed by atoms with van der Waals surface area (Å²) >= 11 is 1.82. The van der Waals surface area contributed by atoms with Gasteiger partial charge in [0.1, 0.15) is 10.7 Å².